The molecule has 3 heteroatoms. The van der Waals surface area contributed by atoms with Crippen LogP contribution < -0.4 is 0 Å². The first-order valence-corrected chi connectivity index (χ1v) is 4.04. The molecule has 1 saturated heterocycles. The molecule has 3 nitrogen and oxygen atoms in total. The molecule has 2 fully saturated rings. The van der Waals surface area contributed by atoms with Gasteiger partial charge in [-0.05, 0) is 12.3 Å². The minimum atomic E-state index is -0.251. The molecular weight excluding hydrogens is 142 g/mol. The first-order chi connectivity index (χ1) is 5.20. The average Bonchev–Trinajstić information content (AvgIpc) is 2.58. The summed E-state index contributed by atoms with van der Waals surface area (Å²) in [5.74, 6) is 0.160. The van der Waals surface area contributed by atoms with Crippen molar-refractivity contribution in [2.24, 2.45) is 5.92 Å². The third-order valence-corrected chi connectivity index (χ3v) is 2.55. The second-order valence-corrected chi connectivity index (χ2v) is 3.45. The summed E-state index contributed by atoms with van der Waals surface area (Å²) in [4.78, 5) is 23.7. The van der Waals surface area contributed by atoms with Gasteiger partial charge in [-0.2, -0.15) is 0 Å². The number of likely N-dealkylation sites (tertiary alicyclic amines) is 1. The van der Waals surface area contributed by atoms with Crippen LogP contribution >= 0.6 is 0 Å². The first kappa shape index (κ1) is 6.83. The molecule has 60 valence electrons. The molecule has 1 aliphatic heterocycles. The van der Waals surface area contributed by atoms with E-state index in [1.807, 2.05) is 0 Å². The van der Waals surface area contributed by atoms with Gasteiger partial charge in [0.2, 0.25) is 5.78 Å². The van der Waals surface area contributed by atoms with Crippen LogP contribution in [0.2, 0.25) is 0 Å². The van der Waals surface area contributed by atoms with Gasteiger partial charge in [0.25, 0.3) is 5.91 Å². The van der Waals surface area contributed by atoms with Gasteiger partial charge in [0.15, 0.2) is 0 Å². The standard InChI is InChI=1S/C8H11NO2/c1-5-4-6(5)9-3-2-7(10)8(9)11/h5-6H,2-4H2,1H3. The molecule has 0 N–H and O–H groups in total. The summed E-state index contributed by atoms with van der Waals surface area (Å²) in [7, 11) is 0. The third kappa shape index (κ3) is 0.951. The van der Waals surface area contributed by atoms with Crippen LogP contribution in [0.4, 0.5) is 0 Å². The topological polar surface area (TPSA) is 37.4 Å². The molecule has 11 heavy (non-hydrogen) atoms. The predicted octanol–water partition coefficient (Wildman–Crippen LogP) is 0.196. The van der Waals surface area contributed by atoms with E-state index in [4.69, 9.17) is 0 Å². The van der Waals surface area contributed by atoms with Gasteiger partial charge in [0.1, 0.15) is 0 Å². The minimum absolute atomic E-state index is 0.205. The lowest BCUT2D eigenvalue weighted by Gasteiger charge is -2.12. The van der Waals surface area contributed by atoms with Crippen molar-refractivity contribution in [3.63, 3.8) is 0 Å². The van der Waals surface area contributed by atoms with Crippen molar-refractivity contribution in [2.75, 3.05) is 6.54 Å². The molecule has 2 unspecified atom stereocenters. The predicted molar refractivity (Wildman–Crippen MR) is 38.9 cm³/mol. The van der Waals surface area contributed by atoms with Gasteiger partial charge in [0, 0.05) is 19.0 Å². The maximum atomic E-state index is 11.1. The summed E-state index contributed by atoms with van der Waals surface area (Å²) in [6.45, 7) is 2.77. The molecular formula is C8H11NO2. The summed E-state index contributed by atoms with van der Waals surface area (Å²) < 4.78 is 0. The van der Waals surface area contributed by atoms with E-state index in [0.29, 0.717) is 24.9 Å². The fourth-order valence-corrected chi connectivity index (χ4v) is 1.64. The summed E-state index contributed by atoms with van der Waals surface area (Å²) in [5.41, 5.74) is 0. The first-order valence-electron chi connectivity index (χ1n) is 4.04. The Bertz CT molecular complexity index is 224. The highest BCUT2D eigenvalue weighted by Crippen LogP contribution is 2.36. The molecule has 2 rings (SSSR count). The molecule has 0 radical (unpaired) electrons. The summed E-state index contributed by atoms with van der Waals surface area (Å²) in [5, 5.41) is 0. The number of ketones is 1. The largest absolute Gasteiger partial charge is 0.332 e. The van der Waals surface area contributed by atoms with Crippen molar-refractivity contribution in [1.82, 2.24) is 4.90 Å². The van der Waals surface area contributed by atoms with E-state index >= 15 is 0 Å². The van der Waals surface area contributed by atoms with E-state index < -0.39 is 0 Å². The monoisotopic (exact) mass is 153 g/mol. The maximum Gasteiger partial charge on any atom is 0.290 e. The Balaban J connectivity index is 2.06. The average molecular weight is 153 g/mol. The number of hydrogen-bond acceptors (Lipinski definition) is 2. The number of rotatable bonds is 1. The van der Waals surface area contributed by atoms with Crippen LogP contribution in [0, 0.1) is 5.92 Å². The van der Waals surface area contributed by atoms with Crippen molar-refractivity contribution in [1.29, 1.82) is 0 Å². The maximum absolute atomic E-state index is 11.1. The van der Waals surface area contributed by atoms with E-state index in [1.54, 1.807) is 4.90 Å². The number of Topliss-reactive ketones (excluding diaryl/α,β-unsaturated/α-hetero) is 1. The molecule has 1 aliphatic carbocycles. The van der Waals surface area contributed by atoms with Crippen molar-refractivity contribution < 1.29 is 9.59 Å². The van der Waals surface area contributed by atoms with Crippen LogP contribution in [-0.2, 0) is 9.59 Å². The molecule has 1 amide bonds. The minimum Gasteiger partial charge on any atom is -0.332 e. The van der Waals surface area contributed by atoms with Crippen LogP contribution in [0.25, 0.3) is 0 Å². The number of carbonyl (C=O) groups excluding carboxylic acids is 2. The van der Waals surface area contributed by atoms with Gasteiger partial charge >= 0.3 is 0 Å². The van der Waals surface area contributed by atoms with Crippen LogP contribution in [0.15, 0.2) is 0 Å². The van der Waals surface area contributed by atoms with Crippen molar-refractivity contribution in [3.8, 4) is 0 Å². The van der Waals surface area contributed by atoms with Gasteiger partial charge in [-0.3, -0.25) is 9.59 Å². The fraction of sp³-hybridized carbons (Fsp3) is 0.750. The summed E-state index contributed by atoms with van der Waals surface area (Å²) >= 11 is 0. The molecule has 2 aliphatic rings. The fourth-order valence-electron chi connectivity index (χ4n) is 1.64. The Morgan fingerprint density at radius 2 is 2.09 bits per heavy atom. The number of amides is 1. The molecule has 0 spiro atoms. The van der Waals surface area contributed by atoms with Gasteiger partial charge in [-0.1, -0.05) is 6.92 Å². The van der Waals surface area contributed by atoms with Crippen LogP contribution in [0.5, 0.6) is 0 Å². The lowest BCUT2D eigenvalue weighted by molar-refractivity contribution is -0.140. The van der Waals surface area contributed by atoms with Gasteiger partial charge in [-0.25, -0.2) is 0 Å². The summed E-state index contributed by atoms with van der Waals surface area (Å²) in [6.07, 6.45) is 1.51. The molecule has 0 aromatic rings. The second-order valence-electron chi connectivity index (χ2n) is 3.45. The van der Waals surface area contributed by atoms with Crippen molar-refractivity contribution in [3.05, 3.63) is 0 Å². The smallest absolute Gasteiger partial charge is 0.290 e. The quantitative estimate of drug-likeness (QED) is 0.504. The van der Waals surface area contributed by atoms with Crippen LogP contribution in [-0.4, -0.2) is 29.2 Å². The third-order valence-electron chi connectivity index (χ3n) is 2.55. The second kappa shape index (κ2) is 2.06. The van der Waals surface area contributed by atoms with E-state index in [2.05, 4.69) is 6.92 Å². The molecule has 0 bridgehead atoms. The number of hydrogen-bond donors (Lipinski definition) is 0. The molecule has 1 heterocycles. The highest BCUT2D eigenvalue weighted by molar-refractivity contribution is 6.38. The Hall–Kier alpha value is -0.860. The molecule has 0 aromatic heterocycles. The zero-order valence-electron chi connectivity index (χ0n) is 6.54. The highest BCUT2D eigenvalue weighted by Gasteiger charge is 2.44. The Morgan fingerprint density at radius 1 is 1.45 bits per heavy atom. The van der Waals surface area contributed by atoms with E-state index in [9.17, 15) is 9.59 Å². The SMILES string of the molecule is CC1CC1N1CCC(=O)C1=O. The van der Waals surface area contributed by atoms with Gasteiger partial charge in [0.05, 0.1) is 0 Å². The Kier molecular flexibility index (Phi) is 1.28. The van der Waals surface area contributed by atoms with E-state index in [0.717, 1.165) is 6.42 Å². The van der Waals surface area contributed by atoms with Gasteiger partial charge in [-0.15, -0.1) is 0 Å². The molecule has 0 aromatic carbocycles. The van der Waals surface area contributed by atoms with E-state index in [1.165, 1.54) is 0 Å². The zero-order chi connectivity index (χ0) is 8.01. The number of carbonyl (C=O) groups is 2. The van der Waals surface area contributed by atoms with Crippen LogP contribution in [0.1, 0.15) is 19.8 Å². The van der Waals surface area contributed by atoms with Crippen LogP contribution in [0.3, 0.4) is 0 Å². The lowest BCUT2D eigenvalue weighted by atomic mass is 10.3. The zero-order valence-corrected chi connectivity index (χ0v) is 6.54. The van der Waals surface area contributed by atoms with Crippen molar-refractivity contribution >= 4 is 11.7 Å². The molecule has 1 saturated carbocycles. The number of nitrogens with zero attached hydrogens (tertiary/aromatic N) is 1. The van der Waals surface area contributed by atoms with E-state index in [-0.39, 0.29) is 11.7 Å². The van der Waals surface area contributed by atoms with Gasteiger partial charge < -0.3 is 4.90 Å². The Morgan fingerprint density at radius 3 is 2.45 bits per heavy atom. The molecule has 2 atom stereocenters. The Labute approximate surface area is 65.4 Å². The normalized spacial score (nSPS) is 36.6. The van der Waals surface area contributed by atoms with Crippen molar-refractivity contribution in [2.45, 2.75) is 25.8 Å². The lowest BCUT2D eigenvalue weighted by Crippen LogP contribution is -2.30. The highest BCUT2D eigenvalue weighted by atomic mass is 16.2. The summed E-state index contributed by atoms with van der Waals surface area (Å²) in [6, 6.07) is 0.383.